The number of nitrogens with zero attached hydrogens (tertiary/aromatic N) is 1. The molecule has 0 amide bonds. The quantitative estimate of drug-likeness (QED) is 0.798. The van der Waals surface area contributed by atoms with Gasteiger partial charge in [0.1, 0.15) is 5.82 Å². The molecule has 1 N–H and O–H groups in total. The van der Waals surface area contributed by atoms with E-state index in [0.29, 0.717) is 27.7 Å². The molecule has 1 aromatic heterocycles. The van der Waals surface area contributed by atoms with Crippen LogP contribution < -0.4 is 0 Å². The highest BCUT2D eigenvalue weighted by atomic mass is 19.1. The first-order chi connectivity index (χ1) is 11.4. The van der Waals surface area contributed by atoms with Gasteiger partial charge in [0, 0.05) is 16.6 Å². The molecule has 0 saturated carbocycles. The number of hydrogen-bond donors (Lipinski definition) is 1. The highest BCUT2D eigenvalue weighted by molar-refractivity contribution is 6.04. The number of carboxylic acid groups (broad SMARTS) is 1. The molecule has 0 atom stereocenters. The van der Waals surface area contributed by atoms with E-state index in [1.165, 1.54) is 22.8 Å². The smallest absolute Gasteiger partial charge is 0.307 e. The summed E-state index contributed by atoms with van der Waals surface area (Å²) in [5, 5.41) is 9.58. The summed E-state index contributed by atoms with van der Waals surface area (Å²) in [5.41, 5.74) is 3.01. The van der Waals surface area contributed by atoms with Crippen molar-refractivity contribution in [3.05, 3.63) is 70.7 Å². The number of aliphatic carboxylic acids is 1. The summed E-state index contributed by atoms with van der Waals surface area (Å²) in [6, 6.07) is 11.2. The van der Waals surface area contributed by atoms with Crippen molar-refractivity contribution in [2.75, 3.05) is 0 Å². The Balaban J connectivity index is 2.24. The molecule has 0 aliphatic carbocycles. The second-order valence-electron chi connectivity index (χ2n) is 5.80. The zero-order valence-corrected chi connectivity index (χ0v) is 13.3. The number of carbonyl (C=O) groups excluding carboxylic acids is 1. The molecule has 0 spiro atoms. The Morgan fingerprint density at radius 1 is 1.08 bits per heavy atom. The molecule has 122 valence electrons. The van der Waals surface area contributed by atoms with Crippen molar-refractivity contribution in [1.29, 1.82) is 0 Å². The lowest BCUT2D eigenvalue weighted by atomic mass is 10.1. The molecule has 0 fully saturated rings. The van der Waals surface area contributed by atoms with Crippen molar-refractivity contribution in [3.63, 3.8) is 0 Å². The van der Waals surface area contributed by atoms with Gasteiger partial charge in [-0.15, -0.1) is 0 Å². The van der Waals surface area contributed by atoms with Gasteiger partial charge >= 0.3 is 5.97 Å². The number of aromatic nitrogens is 1. The molecule has 3 rings (SSSR count). The van der Waals surface area contributed by atoms with Crippen molar-refractivity contribution in [2.45, 2.75) is 20.3 Å². The lowest BCUT2D eigenvalue weighted by molar-refractivity contribution is -0.136. The maximum atomic E-state index is 13.6. The lowest BCUT2D eigenvalue weighted by Crippen LogP contribution is -2.14. The zero-order chi connectivity index (χ0) is 17.4. The first-order valence-corrected chi connectivity index (χ1v) is 7.51. The molecule has 0 saturated heterocycles. The van der Waals surface area contributed by atoms with E-state index in [2.05, 4.69) is 0 Å². The summed E-state index contributed by atoms with van der Waals surface area (Å²) >= 11 is 0. The van der Waals surface area contributed by atoms with Crippen LogP contribution in [0.25, 0.3) is 10.9 Å². The number of aryl methyl sites for hydroxylation is 1. The van der Waals surface area contributed by atoms with Gasteiger partial charge in [-0.25, -0.2) is 4.39 Å². The number of rotatable bonds is 3. The molecule has 5 heteroatoms. The van der Waals surface area contributed by atoms with E-state index in [9.17, 15) is 14.0 Å². The summed E-state index contributed by atoms with van der Waals surface area (Å²) in [7, 11) is 0. The van der Waals surface area contributed by atoms with Gasteiger partial charge in [0.25, 0.3) is 5.91 Å². The van der Waals surface area contributed by atoms with Crippen molar-refractivity contribution in [1.82, 2.24) is 4.57 Å². The second kappa shape index (κ2) is 5.92. The average Bonchev–Trinajstić information content (AvgIpc) is 2.79. The summed E-state index contributed by atoms with van der Waals surface area (Å²) in [5.74, 6) is -1.75. The topological polar surface area (TPSA) is 59.3 Å². The first-order valence-electron chi connectivity index (χ1n) is 7.51. The van der Waals surface area contributed by atoms with E-state index in [-0.39, 0.29) is 12.3 Å². The van der Waals surface area contributed by atoms with Gasteiger partial charge in [0.15, 0.2) is 0 Å². The third-order valence-electron chi connectivity index (χ3n) is 4.13. The number of carbonyl (C=O) groups is 2. The number of hydrogen-bond acceptors (Lipinski definition) is 2. The molecule has 3 aromatic rings. The van der Waals surface area contributed by atoms with Crippen molar-refractivity contribution >= 4 is 22.8 Å². The monoisotopic (exact) mass is 325 g/mol. The van der Waals surface area contributed by atoms with Crippen LogP contribution in [0.5, 0.6) is 0 Å². The fourth-order valence-electron chi connectivity index (χ4n) is 2.92. The number of halogens is 1. The Bertz CT molecular complexity index is 955. The lowest BCUT2D eigenvalue weighted by Gasteiger charge is -2.08. The maximum Gasteiger partial charge on any atom is 0.307 e. The van der Waals surface area contributed by atoms with Gasteiger partial charge < -0.3 is 5.11 Å². The predicted molar refractivity (Wildman–Crippen MR) is 88.9 cm³/mol. The van der Waals surface area contributed by atoms with Gasteiger partial charge in [-0.3, -0.25) is 14.2 Å². The number of carboxylic acids is 1. The molecule has 0 bridgehead atoms. The Labute approximate surface area is 138 Å². The summed E-state index contributed by atoms with van der Waals surface area (Å²) < 4.78 is 15.1. The van der Waals surface area contributed by atoms with Crippen LogP contribution in [0, 0.1) is 19.7 Å². The molecule has 0 aliphatic rings. The fraction of sp³-hybridized carbons (Fsp3) is 0.158. The Morgan fingerprint density at radius 2 is 1.75 bits per heavy atom. The minimum Gasteiger partial charge on any atom is -0.481 e. The van der Waals surface area contributed by atoms with Crippen LogP contribution in [0.2, 0.25) is 0 Å². The number of benzene rings is 2. The van der Waals surface area contributed by atoms with Crippen molar-refractivity contribution < 1.29 is 19.1 Å². The molecular weight excluding hydrogens is 309 g/mol. The normalized spacial score (nSPS) is 11.0. The van der Waals surface area contributed by atoms with Gasteiger partial charge in [0.2, 0.25) is 0 Å². The maximum absolute atomic E-state index is 13.6. The standard InChI is InChI=1S/C19H16FNO3/c1-11-3-5-13(6-4-11)19(24)21-12(2)15(10-18(22)23)16-9-14(20)7-8-17(16)21/h3-9H,10H2,1-2H3,(H,22,23). The van der Waals surface area contributed by atoms with Crippen LogP contribution in [0.15, 0.2) is 42.5 Å². The third-order valence-corrected chi connectivity index (χ3v) is 4.13. The van der Waals surface area contributed by atoms with E-state index in [1.807, 2.05) is 19.1 Å². The van der Waals surface area contributed by atoms with Crippen LogP contribution >= 0.6 is 0 Å². The predicted octanol–water partition coefficient (Wildman–Crippen LogP) is 3.71. The van der Waals surface area contributed by atoms with Crippen molar-refractivity contribution in [3.8, 4) is 0 Å². The Kier molecular flexibility index (Phi) is 3.93. The molecule has 0 unspecified atom stereocenters. The van der Waals surface area contributed by atoms with Gasteiger partial charge in [-0.2, -0.15) is 0 Å². The van der Waals surface area contributed by atoms with Crippen molar-refractivity contribution in [2.24, 2.45) is 0 Å². The molecular formula is C19H16FNO3. The van der Waals surface area contributed by atoms with E-state index in [1.54, 1.807) is 19.1 Å². The minimum absolute atomic E-state index is 0.263. The third kappa shape index (κ3) is 2.69. The second-order valence-corrected chi connectivity index (χ2v) is 5.80. The van der Waals surface area contributed by atoms with Gasteiger partial charge in [-0.05, 0) is 49.7 Å². The fourth-order valence-corrected chi connectivity index (χ4v) is 2.92. The van der Waals surface area contributed by atoms with Crippen LogP contribution in [-0.2, 0) is 11.2 Å². The van der Waals surface area contributed by atoms with Crippen LogP contribution in [-0.4, -0.2) is 21.6 Å². The van der Waals surface area contributed by atoms with Gasteiger partial charge in [-0.1, -0.05) is 17.7 Å². The summed E-state index contributed by atoms with van der Waals surface area (Å²) in [6.45, 7) is 3.61. The molecule has 4 nitrogen and oxygen atoms in total. The molecule has 1 heterocycles. The highest BCUT2D eigenvalue weighted by Gasteiger charge is 2.21. The number of fused-ring (bicyclic) bond motifs is 1. The van der Waals surface area contributed by atoms with E-state index < -0.39 is 11.8 Å². The van der Waals surface area contributed by atoms with Crippen LogP contribution in [0.3, 0.4) is 0 Å². The summed E-state index contributed by atoms with van der Waals surface area (Å²) in [4.78, 5) is 24.0. The van der Waals surface area contributed by atoms with Gasteiger partial charge in [0.05, 0.1) is 11.9 Å². The Hall–Kier alpha value is -2.95. The molecule has 0 aliphatic heterocycles. The van der Waals surface area contributed by atoms with E-state index >= 15 is 0 Å². The highest BCUT2D eigenvalue weighted by Crippen LogP contribution is 2.28. The van der Waals surface area contributed by atoms with E-state index in [4.69, 9.17) is 5.11 Å². The Morgan fingerprint density at radius 3 is 2.38 bits per heavy atom. The summed E-state index contributed by atoms with van der Waals surface area (Å²) in [6.07, 6.45) is -0.264. The minimum atomic E-state index is -1.02. The first kappa shape index (κ1) is 15.9. The molecule has 0 radical (unpaired) electrons. The van der Waals surface area contributed by atoms with Crippen LogP contribution in [0.1, 0.15) is 27.2 Å². The SMILES string of the molecule is Cc1ccc(C(=O)n2c(C)c(CC(=O)O)c3cc(F)ccc32)cc1. The van der Waals surface area contributed by atoms with Crippen LogP contribution in [0.4, 0.5) is 4.39 Å². The molecule has 2 aromatic carbocycles. The van der Waals surface area contributed by atoms with E-state index in [0.717, 1.165) is 5.56 Å². The zero-order valence-electron chi connectivity index (χ0n) is 13.3. The average molecular weight is 325 g/mol. The largest absolute Gasteiger partial charge is 0.481 e. The molecule has 24 heavy (non-hydrogen) atoms.